The second kappa shape index (κ2) is 6.55. The third-order valence-electron chi connectivity index (χ3n) is 3.19. The maximum atomic E-state index is 12.4. The van der Waals surface area contributed by atoms with Crippen LogP contribution < -0.4 is 5.73 Å². The van der Waals surface area contributed by atoms with Gasteiger partial charge in [0.1, 0.15) is 4.88 Å². The van der Waals surface area contributed by atoms with Crippen LogP contribution in [-0.2, 0) is 9.53 Å². The minimum Gasteiger partial charge on any atom is -0.469 e. The molecule has 1 atom stereocenters. The van der Waals surface area contributed by atoms with Crippen LogP contribution in [0.1, 0.15) is 21.7 Å². The quantitative estimate of drug-likeness (QED) is 0.643. The van der Waals surface area contributed by atoms with Gasteiger partial charge in [0.2, 0.25) is 0 Å². The van der Waals surface area contributed by atoms with Crippen molar-refractivity contribution in [3.63, 3.8) is 0 Å². The summed E-state index contributed by atoms with van der Waals surface area (Å²) in [5.41, 5.74) is 6.04. The van der Waals surface area contributed by atoms with Crippen LogP contribution in [0.25, 0.3) is 0 Å². The average Bonchev–Trinajstić information content (AvgIpc) is 3.12. The van der Waals surface area contributed by atoms with Crippen molar-refractivity contribution in [2.75, 3.05) is 26.7 Å². The van der Waals surface area contributed by atoms with Gasteiger partial charge in [0.25, 0.3) is 5.91 Å². The number of amides is 1. The van der Waals surface area contributed by atoms with Crippen molar-refractivity contribution >= 4 is 23.2 Å². The molecule has 1 saturated heterocycles. The highest BCUT2D eigenvalue weighted by atomic mass is 32.1. The third kappa shape index (κ3) is 3.00. The van der Waals surface area contributed by atoms with E-state index in [2.05, 4.69) is 11.8 Å². The van der Waals surface area contributed by atoms with Crippen LogP contribution in [0, 0.1) is 17.8 Å². The lowest BCUT2D eigenvalue weighted by molar-refractivity contribution is -0.144. The van der Waals surface area contributed by atoms with Crippen LogP contribution in [0.2, 0.25) is 0 Å². The third-order valence-corrected chi connectivity index (χ3v) is 4.10. The van der Waals surface area contributed by atoms with E-state index >= 15 is 0 Å². The zero-order chi connectivity index (χ0) is 14.5. The first-order chi connectivity index (χ1) is 9.67. The van der Waals surface area contributed by atoms with Crippen molar-refractivity contribution < 1.29 is 14.3 Å². The predicted octanol–water partition coefficient (Wildman–Crippen LogP) is 0.693. The first kappa shape index (κ1) is 14.6. The summed E-state index contributed by atoms with van der Waals surface area (Å²) in [4.78, 5) is 26.2. The number of likely N-dealkylation sites (tertiary alicyclic amines) is 1. The number of hydrogen-bond acceptors (Lipinski definition) is 5. The first-order valence-corrected chi connectivity index (χ1v) is 7.19. The van der Waals surface area contributed by atoms with Gasteiger partial charge in [-0.05, 0) is 17.9 Å². The van der Waals surface area contributed by atoms with Crippen LogP contribution in [0.3, 0.4) is 0 Å². The van der Waals surface area contributed by atoms with E-state index in [1.165, 1.54) is 18.4 Å². The summed E-state index contributed by atoms with van der Waals surface area (Å²) in [6.45, 7) is 1.24. The van der Waals surface area contributed by atoms with Gasteiger partial charge in [-0.1, -0.05) is 11.8 Å². The number of ether oxygens (including phenoxy) is 1. The number of nitrogens with two attached hydrogens (primary N) is 1. The number of esters is 1. The second-order valence-electron chi connectivity index (χ2n) is 4.43. The van der Waals surface area contributed by atoms with Gasteiger partial charge < -0.3 is 15.4 Å². The molecule has 1 amide bonds. The van der Waals surface area contributed by atoms with E-state index in [0.717, 1.165) is 0 Å². The summed E-state index contributed by atoms with van der Waals surface area (Å²) in [5, 5.41) is 1.83. The zero-order valence-electron chi connectivity index (χ0n) is 11.2. The van der Waals surface area contributed by atoms with Gasteiger partial charge in [-0.3, -0.25) is 9.59 Å². The van der Waals surface area contributed by atoms with Crippen molar-refractivity contribution in [3.05, 3.63) is 21.9 Å². The van der Waals surface area contributed by atoms with E-state index < -0.39 is 0 Å². The van der Waals surface area contributed by atoms with Crippen LogP contribution in [0.15, 0.2) is 11.4 Å². The van der Waals surface area contributed by atoms with Crippen molar-refractivity contribution in [2.45, 2.75) is 6.42 Å². The molecule has 2 rings (SSSR count). The van der Waals surface area contributed by atoms with Crippen molar-refractivity contribution in [1.29, 1.82) is 0 Å². The van der Waals surface area contributed by atoms with Crippen LogP contribution >= 0.6 is 11.3 Å². The molecule has 1 aromatic rings. The summed E-state index contributed by atoms with van der Waals surface area (Å²) in [7, 11) is 1.37. The molecular formula is C14H16N2O3S. The lowest BCUT2D eigenvalue weighted by Crippen LogP contribution is -2.30. The highest BCUT2D eigenvalue weighted by Gasteiger charge is 2.33. The fraction of sp³-hybridized carbons (Fsp3) is 0.429. The van der Waals surface area contributed by atoms with Crippen molar-refractivity contribution in [1.82, 2.24) is 4.90 Å². The van der Waals surface area contributed by atoms with Gasteiger partial charge in [0.15, 0.2) is 0 Å². The molecule has 20 heavy (non-hydrogen) atoms. The van der Waals surface area contributed by atoms with E-state index in [4.69, 9.17) is 10.5 Å². The van der Waals surface area contributed by atoms with E-state index in [9.17, 15) is 9.59 Å². The SMILES string of the molecule is COC(=O)C1CCN(C(=O)c2sccc2C#CCN)C1. The average molecular weight is 292 g/mol. The Kier molecular flexibility index (Phi) is 4.77. The molecule has 0 radical (unpaired) electrons. The Bertz CT molecular complexity index is 570. The molecule has 6 heteroatoms. The Hall–Kier alpha value is -1.84. The maximum Gasteiger partial charge on any atom is 0.310 e. The summed E-state index contributed by atoms with van der Waals surface area (Å²) in [6, 6.07) is 1.81. The molecule has 0 saturated carbocycles. The first-order valence-electron chi connectivity index (χ1n) is 6.31. The molecule has 2 N–H and O–H groups in total. The summed E-state index contributed by atoms with van der Waals surface area (Å²) >= 11 is 1.36. The van der Waals surface area contributed by atoms with Gasteiger partial charge in [-0.25, -0.2) is 0 Å². The fourth-order valence-corrected chi connectivity index (χ4v) is 2.98. The van der Waals surface area contributed by atoms with Gasteiger partial charge in [0, 0.05) is 18.7 Å². The number of thiophene rings is 1. The molecule has 2 heterocycles. The Morgan fingerprint density at radius 1 is 1.60 bits per heavy atom. The van der Waals surface area contributed by atoms with Crippen molar-refractivity contribution in [2.24, 2.45) is 11.7 Å². The predicted molar refractivity (Wildman–Crippen MR) is 76.3 cm³/mol. The van der Waals surface area contributed by atoms with Crippen LogP contribution in [0.5, 0.6) is 0 Å². The van der Waals surface area contributed by atoms with Gasteiger partial charge in [0.05, 0.1) is 19.6 Å². The van der Waals surface area contributed by atoms with Gasteiger partial charge >= 0.3 is 5.97 Å². The van der Waals surface area contributed by atoms with Crippen LogP contribution in [-0.4, -0.2) is 43.5 Å². The standard InChI is InChI=1S/C14H16N2O3S/c1-19-14(18)11-4-7-16(9-11)13(17)12-10(3-2-6-15)5-8-20-12/h5,8,11H,4,6-7,9,15H2,1H3. The molecule has 1 unspecified atom stereocenters. The molecule has 0 bridgehead atoms. The van der Waals surface area contributed by atoms with E-state index in [0.29, 0.717) is 30.0 Å². The topological polar surface area (TPSA) is 72.6 Å². The zero-order valence-corrected chi connectivity index (χ0v) is 12.0. The Balaban J connectivity index is 2.10. The molecular weight excluding hydrogens is 276 g/mol. The molecule has 0 spiro atoms. The number of nitrogens with zero attached hydrogens (tertiary/aromatic N) is 1. The number of carbonyl (C=O) groups is 2. The smallest absolute Gasteiger partial charge is 0.310 e. The fourth-order valence-electron chi connectivity index (χ4n) is 2.17. The molecule has 1 aromatic heterocycles. The molecule has 106 valence electrons. The largest absolute Gasteiger partial charge is 0.469 e. The molecule has 1 fully saturated rings. The van der Waals surface area contributed by atoms with E-state index in [-0.39, 0.29) is 24.3 Å². The number of hydrogen-bond donors (Lipinski definition) is 1. The van der Waals surface area contributed by atoms with Gasteiger partial charge in [-0.15, -0.1) is 11.3 Å². The highest BCUT2D eigenvalue weighted by Crippen LogP contribution is 2.23. The van der Waals surface area contributed by atoms with Crippen LogP contribution in [0.4, 0.5) is 0 Å². The monoisotopic (exact) mass is 292 g/mol. The number of carbonyl (C=O) groups excluding carboxylic acids is 2. The summed E-state index contributed by atoms with van der Waals surface area (Å²) in [5.74, 6) is 5.10. The lowest BCUT2D eigenvalue weighted by Gasteiger charge is -2.15. The molecule has 0 aromatic carbocycles. The summed E-state index contributed by atoms with van der Waals surface area (Å²) < 4.78 is 4.72. The van der Waals surface area contributed by atoms with E-state index in [1.54, 1.807) is 4.90 Å². The Morgan fingerprint density at radius 2 is 2.40 bits per heavy atom. The lowest BCUT2D eigenvalue weighted by atomic mass is 10.1. The molecule has 1 aliphatic rings. The maximum absolute atomic E-state index is 12.4. The molecule has 0 aliphatic carbocycles. The highest BCUT2D eigenvalue weighted by molar-refractivity contribution is 7.12. The van der Waals surface area contributed by atoms with Gasteiger partial charge in [-0.2, -0.15) is 0 Å². The minimum atomic E-state index is -0.255. The van der Waals surface area contributed by atoms with E-state index in [1.807, 2.05) is 11.4 Å². The Labute approximate surface area is 121 Å². The molecule has 5 nitrogen and oxygen atoms in total. The number of methoxy groups -OCH3 is 1. The molecule has 1 aliphatic heterocycles. The Morgan fingerprint density at radius 3 is 3.10 bits per heavy atom. The minimum absolute atomic E-state index is 0.0762. The second-order valence-corrected chi connectivity index (χ2v) is 5.35. The summed E-state index contributed by atoms with van der Waals surface area (Å²) in [6.07, 6.45) is 0.646. The number of rotatable bonds is 2. The van der Waals surface area contributed by atoms with Crippen molar-refractivity contribution in [3.8, 4) is 11.8 Å². The normalized spacial score (nSPS) is 17.5.